The number of aromatic amines is 1. The summed E-state index contributed by atoms with van der Waals surface area (Å²) in [5.74, 6) is -6.74. The zero-order valence-corrected chi connectivity index (χ0v) is 28.8. The van der Waals surface area contributed by atoms with Gasteiger partial charge in [-0.3, -0.25) is 23.9 Å². The van der Waals surface area contributed by atoms with Gasteiger partial charge in [0.1, 0.15) is 42.2 Å². The Bertz CT molecular complexity index is 1750. The number of aliphatic carboxylic acids is 1. The Hall–Kier alpha value is -4.47. The highest BCUT2D eigenvalue weighted by molar-refractivity contribution is 7.50. The van der Waals surface area contributed by atoms with Crippen LogP contribution in [0.25, 0.3) is 0 Å². The number of hydrogen-bond acceptors (Lipinski definition) is 18. The molecule has 1 aromatic heterocycles. The van der Waals surface area contributed by atoms with Gasteiger partial charge < -0.3 is 47.3 Å². The lowest BCUT2D eigenvalue weighted by Crippen LogP contribution is -2.45. The second kappa shape index (κ2) is 16.3. The van der Waals surface area contributed by atoms with Crippen LogP contribution in [-0.2, 0) is 61.4 Å². The SMILES string of the molecule is CON[C@@H](CC(=O)O)C(=O)OP(=O)(OC(=O)[C@H](CC(=O)OC[C@H]1O[C@@H](n2ccc(=O)[nH]c2=O)[C@]2(C)OC(C)(C)O[C@H]12)NOC)Oc1ccccc1. The summed E-state index contributed by atoms with van der Waals surface area (Å²) in [6.07, 6.45) is -3.47. The van der Waals surface area contributed by atoms with Crippen LogP contribution in [0.3, 0.4) is 0 Å². The Morgan fingerprint density at radius 2 is 1.59 bits per heavy atom. The van der Waals surface area contributed by atoms with Gasteiger partial charge in [-0.25, -0.2) is 14.4 Å². The predicted molar refractivity (Wildman–Crippen MR) is 166 cm³/mol. The number of carbonyl (C=O) groups excluding carboxylic acids is 3. The van der Waals surface area contributed by atoms with Gasteiger partial charge in [0.25, 0.3) is 5.56 Å². The number of esters is 1. The third kappa shape index (κ3) is 9.86. The molecule has 2 aliphatic heterocycles. The van der Waals surface area contributed by atoms with Crippen molar-refractivity contribution in [1.29, 1.82) is 0 Å². The van der Waals surface area contributed by atoms with Gasteiger partial charge >= 0.3 is 37.4 Å². The highest BCUT2D eigenvalue weighted by Crippen LogP contribution is 2.51. The van der Waals surface area contributed by atoms with E-state index in [-0.39, 0.29) is 5.75 Å². The van der Waals surface area contributed by atoms with Gasteiger partial charge in [0, 0.05) is 12.3 Å². The Balaban J connectivity index is 1.47. The van der Waals surface area contributed by atoms with Gasteiger partial charge in [0.2, 0.25) is 0 Å². The number of rotatable bonds is 17. The number of carboxylic acid groups (broad SMARTS) is 1. The van der Waals surface area contributed by atoms with E-state index in [1.165, 1.54) is 30.5 Å². The Morgan fingerprint density at radius 3 is 2.16 bits per heavy atom. The van der Waals surface area contributed by atoms with E-state index in [2.05, 4.69) is 20.8 Å². The number of carbonyl (C=O) groups is 4. The average molecular weight is 745 g/mol. The average Bonchev–Trinajstić information content (AvgIpc) is 3.44. The first kappa shape index (κ1) is 39.3. The number of phosphoric acid groups is 1. The molecule has 4 N–H and O–H groups in total. The second-order valence-electron chi connectivity index (χ2n) is 11.7. The molecule has 51 heavy (non-hydrogen) atoms. The van der Waals surface area contributed by atoms with E-state index in [0.717, 1.165) is 24.9 Å². The summed E-state index contributed by atoms with van der Waals surface area (Å²) in [6.45, 7) is 4.43. The van der Waals surface area contributed by atoms with Crippen LogP contribution in [0.15, 0.2) is 52.2 Å². The molecule has 21 nitrogen and oxygen atoms in total. The van der Waals surface area contributed by atoms with E-state index in [1.54, 1.807) is 26.8 Å². The summed E-state index contributed by atoms with van der Waals surface area (Å²) in [5, 5.41) is 9.13. The lowest BCUT2D eigenvalue weighted by molar-refractivity contribution is -0.219. The fourth-order valence-electron chi connectivity index (χ4n) is 5.34. The minimum atomic E-state index is -5.24. The standard InChI is InChI=1S/C29H37N4O17P/c1-28(2)46-23-19(45-26(29(23,3)50-28)33-12-11-20(34)30-27(33)40)15-44-22(37)14-18(32-43-5)25(39)49-51(41,47-16-9-7-6-8-10-16)48-24(38)17(31-42-4)13-21(35)36/h6-12,17-19,23,26,31-32H,13-15H2,1-5H3,(H,35,36)(H,30,34,40)/t17-,18-,19+,23+,26+,29+,51?/m0/s1. The molecule has 1 aromatic carbocycles. The molecule has 0 bridgehead atoms. The van der Waals surface area contributed by atoms with Gasteiger partial charge in [-0.15, -0.1) is 0 Å². The first-order valence-corrected chi connectivity index (χ1v) is 16.6. The fourth-order valence-corrected chi connectivity index (χ4v) is 6.53. The smallest absolute Gasteiger partial charge is 0.481 e. The molecule has 0 saturated carbocycles. The number of carboxylic acids is 1. The molecule has 7 atom stereocenters. The summed E-state index contributed by atoms with van der Waals surface area (Å²) in [6, 6.07) is 4.80. The van der Waals surface area contributed by atoms with Crippen molar-refractivity contribution in [3.63, 3.8) is 0 Å². The first-order chi connectivity index (χ1) is 24.0. The van der Waals surface area contributed by atoms with E-state index < -0.39 is 104 Å². The molecule has 0 radical (unpaired) electrons. The molecule has 3 heterocycles. The van der Waals surface area contributed by atoms with Gasteiger partial charge in [-0.05, 0) is 32.9 Å². The number of ether oxygens (including phenoxy) is 4. The highest BCUT2D eigenvalue weighted by atomic mass is 31.2. The van der Waals surface area contributed by atoms with Gasteiger partial charge in [-0.2, -0.15) is 15.5 Å². The number of hydroxylamine groups is 2. The zero-order valence-electron chi connectivity index (χ0n) is 27.9. The lowest BCUT2D eigenvalue weighted by atomic mass is 9.96. The van der Waals surface area contributed by atoms with Crippen LogP contribution >= 0.6 is 7.82 Å². The minimum absolute atomic E-state index is 0.168. The van der Waals surface area contributed by atoms with E-state index in [4.69, 9.17) is 42.5 Å². The van der Waals surface area contributed by atoms with Crippen molar-refractivity contribution in [3.8, 4) is 5.75 Å². The Morgan fingerprint density at radius 1 is 0.980 bits per heavy atom. The molecule has 0 spiro atoms. The van der Waals surface area contributed by atoms with Crippen LogP contribution < -0.4 is 26.7 Å². The molecule has 22 heteroatoms. The molecule has 280 valence electrons. The van der Waals surface area contributed by atoms with Crippen LogP contribution in [0.5, 0.6) is 5.75 Å². The van der Waals surface area contributed by atoms with Crippen molar-refractivity contribution in [1.82, 2.24) is 20.5 Å². The minimum Gasteiger partial charge on any atom is -0.481 e. The second-order valence-corrected chi connectivity index (χ2v) is 13.1. The number of para-hydroxylation sites is 1. The normalized spacial score (nSPS) is 24.4. The largest absolute Gasteiger partial charge is 0.651 e. The first-order valence-electron chi connectivity index (χ1n) is 15.1. The van der Waals surface area contributed by atoms with E-state index in [9.17, 15) is 33.3 Å². The number of nitrogens with zero attached hydrogens (tertiary/aromatic N) is 1. The van der Waals surface area contributed by atoms with Crippen molar-refractivity contribution in [2.24, 2.45) is 0 Å². The quantitative estimate of drug-likeness (QED) is 0.0948. The Kier molecular flexibility index (Phi) is 12.5. The van der Waals surface area contributed by atoms with E-state index in [1.807, 2.05) is 0 Å². The number of fused-ring (bicyclic) bond motifs is 1. The van der Waals surface area contributed by atoms with Crippen molar-refractivity contribution in [2.75, 3.05) is 20.8 Å². The van der Waals surface area contributed by atoms with Crippen LogP contribution in [-0.4, -0.2) is 95.0 Å². The molecular weight excluding hydrogens is 707 g/mol. The van der Waals surface area contributed by atoms with Gasteiger partial charge in [-0.1, -0.05) is 18.2 Å². The van der Waals surface area contributed by atoms with Crippen LogP contribution in [0, 0.1) is 0 Å². The summed E-state index contributed by atoms with van der Waals surface area (Å²) >= 11 is 0. The third-order valence-corrected chi connectivity index (χ3v) is 8.53. The molecule has 1 unspecified atom stereocenters. The van der Waals surface area contributed by atoms with E-state index >= 15 is 0 Å². The number of benzene rings is 1. The monoisotopic (exact) mass is 744 g/mol. The summed E-state index contributed by atoms with van der Waals surface area (Å²) < 4.78 is 53.4. The molecule has 2 fully saturated rings. The summed E-state index contributed by atoms with van der Waals surface area (Å²) in [5.41, 5.74) is 1.58. The van der Waals surface area contributed by atoms with Crippen molar-refractivity contribution in [2.45, 2.75) is 75.5 Å². The number of phosphoric ester groups is 1. The predicted octanol–water partition coefficient (Wildman–Crippen LogP) is 0.0649. The van der Waals surface area contributed by atoms with Gasteiger partial charge in [0.05, 0.1) is 27.1 Å². The van der Waals surface area contributed by atoms with Crippen molar-refractivity contribution >= 4 is 31.7 Å². The maximum absolute atomic E-state index is 13.7. The number of H-pyrrole nitrogens is 1. The zero-order chi connectivity index (χ0) is 37.6. The highest BCUT2D eigenvalue weighted by Gasteiger charge is 2.64. The topological polar surface area (TPSA) is 268 Å². The van der Waals surface area contributed by atoms with Gasteiger partial charge in [0.15, 0.2) is 12.0 Å². The molecule has 2 saturated heterocycles. The molecular formula is C29H37N4O17P. The van der Waals surface area contributed by atoms with Crippen LogP contribution in [0.4, 0.5) is 0 Å². The molecule has 0 amide bonds. The number of nitrogens with one attached hydrogen (secondary N) is 3. The van der Waals surface area contributed by atoms with Crippen molar-refractivity contribution in [3.05, 3.63) is 63.4 Å². The van der Waals surface area contributed by atoms with E-state index in [0.29, 0.717) is 0 Å². The molecule has 0 aliphatic carbocycles. The van der Waals surface area contributed by atoms with Crippen LogP contribution in [0.1, 0.15) is 39.8 Å². The molecule has 4 rings (SSSR count). The molecule has 2 aliphatic rings. The maximum Gasteiger partial charge on any atom is 0.651 e. The molecule has 2 aromatic rings. The summed E-state index contributed by atoms with van der Waals surface area (Å²) in [7, 11) is -3.05. The Labute approximate surface area is 288 Å². The number of hydrogen-bond donors (Lipinski definition) is 4. The lowest BCUT2D eigenvalue weighted by Gasteiger charge is -2.30. The van der Waals surface area contributed by atoms with Crippen molar-refractivity contribution < 1.29 is 71.0 Å². The van der Waals surface area contributed by atoms with Crippen LogP contribution in [0.2, 0.25) is 0 Å². The third-order valence-electron chi connectivity index (χ3n) is 7.29. The fraction of sp³-hybridized carbons (Fsp3) is 0.517. The summed E-state index contributed by atoms with van der Waals surface area (Å²) in [4.78, 5) is 86.1. The maximum atomic E-state index is 13.7. The number of aromatic nitrogens is 2.